The van der Waals surface area contributed by atoms with E-state index in [-0.39, 0.29) is 18.4 Å². The van der Waals surface area contributed by atoms with E-state index in [0.717, 1.165) is 6.08 Å². The van der Waals surface area contributed by atoms with Crippen LogP contribution >= 0.6 is 0 Å². The van der Waals surface area contributed by atoms with E-state index >= 15 is 0 Å². The molecular weight excluding hydrogens is 309 g/mol. The quantitative estimate of drug-likeness (QED) is 0.786. The second kappa shape index (κ2) is 5.18. The van der Waals surface area contributed by atoms with Gasteiger partial charge in [0, 0.05) is 0 Å². The minimum Gasteiger partial charge on any atom is -0.465 e. The molecule has 0 aromatic heterocycles. The van der Waals surface area contributed by atoms with E-state index in [0.29, 0.717) is 11.1 Å². The molecular formula is C13H11F3O4S. The Hall–Kier alpha value is -1.83. The van der Waals surface area contributed by atoms with Gasteiger partial charge in [0.2, 0.25) is 0 Å². The number of ether oxygens (including phenoxy) is 1. The molecule has 2 rings (SSSR count). The summed E-state index contributed by atoms with van der Waals surface area (Å²) in [4.78, 5) is 10.7. The third-order valence-electron chi connectivity index (χ3n) is 3.17. The summed E-state index contributed by atoms with van der Waals surface area (Å²) in [5, 5.41) is 0. The maximum absolute atomic E-state index is 12.5. The lowest BCUT2D eigenvalue weighted by Crippen LogP contribution is -2.25. The molecule has 0 N–H and O–H groups in total. The van der Waals surface area contributed by atoms with Gasteiger partial charge in [-0.3, -0.25) is 0 Å². The molecule has 8 heteroatoms. The highest BCUT2D eigenvalue weighted by Crippen LogP contribution is 2.36. The summed E-state index contributed by atoms with van der Waals surface area (Å²) in [6.45, 7) is 0. The number of rotatable bonds is 2. The summed E-state index contributed by atoms with van der Waals surface area (Å²) >= 11 is 0. The van der Waals surface area contributed by atoms with Crippen molar-refractivity contribution in [1.29, 1.82) is 0 Å². The number of alkyl halides is 3. The first-order valence-electron chi connectivity index (χ1n) is 5.90. The number of carbonyl (C=O) groups excluding carboxylic acids is 1. The van der Waals surface area contributed by atoms with Gasteiger partial charge in [0.25, 0.3) is 9.84 Å². The summed E-state index contributed by atoms with van der Waals surface area (Å²) in [5.41, 5.74) is -4.06. The topological polar surface area (TPSA) is 60.4 Å². The lowest BCUT2D eigenvalue weighted by Gasteiger charge is -2.18. The highest BCUT2D eigenvalue weighted by atomic mass is 32.2. The number of hydrogen-bond donors (Lipinski definition) is 0. The first-order chi connectivity index (χ1) is 9.66. The van der Waals surface area contributed by atoms with E-state index in [1.165, 1.54) is 25.3 Å². The third-order valence-corrected chi connectivity index (χ3v) is 4.79. The first-order valence-corrected chi connectivity index (χ1v) is 7.38. The molecule has 0 atom stereocenters. The number of hydrogen-bond acceptors (Lipinski definition) is 4. The lowest BCUT2D eigenvalue weighted by atomic mass is 9.95. The van der Waals surface area contributed by atoms with Crippen LogP contribution in [-0.2, 0) is 21.0 Å². The van der Waals surface area contributed by atoms with E-state index in [1.54, 1.807) is 0 Å². The molecule has 0 fully saturated rings. The van der Waals surface area contributed by atoms with Gasteiger partial charge in [0.1, 0.15) is 0 Å². The molecule has 1 aromatic rings. The summed E-state index contributed by atoms with van der Waals surface area (Å²) in [5.74, 6) is -0.560. The summed E-state index contributed by atoms with van der Waals surface area (Å²) in [7, 11) is -4.09. The minimum absolute atomic E-state index is 0.112. The Labute approximate surface area is 119 Å². The van der Waals surface area contributed by atoms with E-state index in [4.69, 9.17) is 0 Å². The molecule has 0 saturated heterocycles. The fraction of sp³-hybridized carbons (Fsp3) is 0.308. The van der Waals surface area contributed by atoms with Gasteiger partial charge in [-0.1, -0.05) is 6.07 Å². The van der Waals surface area contributed by atoms with E-state index < -0.39 is 26.2 Å². The van der Waals surface area contributed by atoms with Crippen molar-refractivity contribution in [2.45, 2.75) is 18.3 Å². The zero-order valence-corrected chi connectivity index (χ0v) is 11.7. The summed E-state index contributed by atoms with van der Waals surface area (Å²) in [6, 6.07) is 4.28. The summed E-state index contributed by atoms with van der Waals surface area (Å²) < 4.78 is 64.8. The van der Waals surface area contributed by atoms with Crippen molar-refractivity contribution >= 4 is 21.9 Å². The average molecular weight is 320 g/mol. The van der Waals surface area contributed by atoms with Crippen LogP contribution in [0.3, 0.4) is 0 Å². The molecule has 114 valence electrons. The molecule has 0 aliphatic heterocycles. The van der Waals surface area contributed by atoms with Crippen molar-refractivity contribution in [3.8, 4) is 0 Å². The van der Waals surface area contributed by atoms with Crippen molar-refractivity contribution in [3.05, 3.63) is 39.8 Å². The van der Waals surface area contributed by atoms with Crippen molar-refractivity contribution < 1.29 is 31.1 Å². The molecule has 1 aromatic carbocycles. The van der Waals surface area contributed by atoms with Crippen LogP contribution in [0.2, 0.25) is 0 Å². The highest BCUT2D eigenvalue weighted by molar-refractivity contribution is 7.96. The van der Waals surface area contributed by atoms with Crippen LogP contribution in [0.5, 0.6) is 0 Å². The van der Waals surface area contributed by atoms with E-state index in [1.807, 2.05) is 0 Å². The van der Waals surface area contributed by atoms with Crippen molar-refractivity contribution in [3.63, 3.8) is 0 Å². The molecule has 0 amide bonds. The monoisotopic (exact) mass is 320 g/mol. The van der Waals surface area contributed by atoms with Gasteiger partial charge in [0.05, 0.1) is 17.6 Å². The molecule has 4 nitrogen and oxygen atoms in total. The number of esters is 1. The summed E-state index contributed by atoms with van der Waals surface area (Å²) in [6.07, 6.45) is 0.865. The third kappa shape index (κ3) is 2.80. The zero-order valence-electron chi connectivity index (χ0n) is 10.9. The van der Waals surface area contributed by atoms with Crippen molar-refractivity contribution in [2.24, 2.45) is 0 Å². The number of benzene rings is 1. The maximum atomic E-state index is 12.5. The predicted octanol–water partition coefficient (Wildman–Crippen LogP) is 2.69. The van der Waals surface area contributed by atoms with Gasteiger partial charge in [-0.15, -0.1) is 0 Å². The van der Waals surface area contributed by atoms with Crippen LogP contribution in [0.1, 0.15) is 27.9 Å². The Balaban J connectivity index is 2.44. The normalized spacial score (nSPS) is 15.1. The average Bonchev–Trinajstić information content (AvgIpc) is 2.44. The second-order valence-electron chi connectivity index (χ2n) is 4.47. The van der Waals surface area contributed by atoms with Crippen molar-refractivity contribution in [2.75, 3.05) is 7.11 Å². The SMILES string of the molecule is COC(=O)c1ccc2c(c1)CCC(S(=O)(=O)C(F)(F)F)=C2. The molecule has 0 spiro atoms. The van der Waals surface area contributed by atoms with E-state index in [2.05, 4.69) is 4.74 Å². The van der Waals surface area contributed by atoms with Gasteiger partial charge in [-0.2, -0.15) is 13.2 Å². The molecule has 0 heterocycles. The smallest absolute Gasteiger partial charge is 0.465 e. The largest absolute Gasteiger partial charge is 0.501 e. The molecule has 0 radical (unpaired) electrons. The standard InChI is InChI=1S/C13H11F3O4S/c1-20-12(17)10-3-2-9-7-11(5-4-8(9)6-10)21(18,19)13(14,15)16/h2-3,6-7H,4-5H2,1H3. The Bertz CT molecular complexity index is 717. The van der Waals surface area contributed by atoms with Crippen LogP contribution in [0, 0.1) is 0 Å². The van der Waals surface area contributed by atoms with Gasteiger partial charge in [0.15, 0.2) is 0 Å². The Morgan fingerprint density at radius 3 is 2.48 bits per heavy atom. The van der Waals surface area contributed by atoms with Crippen molar-refractivity contribution in [1.82, 2.24) is 0 Å². The second-order valence-corrected chi connectivity index (χ2v) is 6.46. The lowest BCUT2D eigenvalue weighted by molar-refractivity contribution is -0.0427. The number of sulfone groups is 1. The molecule has 0 unspecified atom stereocenters. The Kier molecular flexibility index (Phi) is 3.83. The zero-order chi connectivity index (χ0) is 15.8. The molecule has 1 aliphatic carbocycles. The predicted molar refractivity (Wildman–Crippen MR) is 69.1 cm³/mol. The van der Waals surface area contributed by atoms with Crippen LogP contribution in [0.4, 0.5) is 13.2 Å². The highest BCUT2D eigenvalue weighted by Gasteiger charge is 2.48. The Morgan fingerprint density at radius 1 is 1.24 bits per heavy atom. The number of methoxy groups -OCH3 is 1. The van der Waals surface area contributed by atoms with Gasteiger partial charge < -0.3 is 4.74 Å². The van der Waals surface area contributed by atoms with Gasteiger partial charge in [-0.05, 0) is 42.2 Å². The number of halogens is 3. The first kappa shape index (κ1) is 15.6. The minimum atomic E-state index is -5.30. The number of fused-ring (bicyclic) bond motifs is 1. The van der Waals surface area contributed by atoms with Crippen LogP contribution in [0.15, 0.2) is 23.1 Å². The van der Waals surface area contributed by atoms with Crippen LogP contribution < -0.4 is 0 Å². The molecule has 0 saturated carbocycles. The molecule has 1 aliphatic rings. The number of allylic oxidation sites excluding steroid dienone is 1. The van der Waals surface area contributed by atoms with E-state index in [9.17, 15) is 26.4 Å². The Morgan fingerprint density at radius 2 is 1.90 bits per heavy atom. The maximum Gasteiger partial charge on any atom is 0.501 e. The van der Waals surface area contributed by atoms with Gasteiger partial charge >= 0.3 is 11.5 Å². The molecule has 21 heavy (non-hydrogen) atoms. The van der Waals surface area contributed by atoms with Crippen LogP contribution in [0.25, 0.3) is 6.08 Å². The van der Waals surface area contributed by atoms with Crippen LogP contribution in [-0.4, -0.2) is 27.0 Å². The fourth-order valence-electron chi connectivity index (χ4n) is 2.07. The van der Waals surface area contributed by atoms with Gasteiger partial charge in [-0.25, -0.2) is 13.2 Å². The number of aryl methyl sites for hydroxylation is 1. The number of carbonyl (C=O) groups is 1. The fourth-order valence-corrected chi connectivity index (χ4v) is 3.02. The molecule has 0 bridgehead atoms.